The van der Waals surface area contributed by atoms with Gasteiger partial charge >= 0.3 is 0 Å². The fourth-order valence-electron chi connectivity index (χ4n) is 2.74. The standard InChI is InChI=1S/C14H20O/c1-10-6-11(2)8-12(7-10)9-13-4-3-5-14(13)15/h6-8,13-15H,3-5,9H2,1-2H3. The molecule has 1 fully saturated rings. The van der Waals surface area contributed by atoms with Crippen molar-refractivity contribution in [1.29, 1.82) is 0 Å². The van der Waals surface area contributed by atoms with Gasteiger partial charge in [-0.25, -0.2) is 0 Å². The predicted octanol–water partition coefficient (Wildman–Crippen LogP) is 3.01. The molecule has 2 atom stereocenters. The number of aliphatic hydroxyl groups is 1. The number of aryl methyl sites for hydroxylation is 2. The number of aliphatic hydroxyl groups excluding tert-OH is 1. The van der Waals surface area contributed by atoms with E-state index < -0.39 is 0 Å². The van der Waals surface area contributed by atoms with Crippen LogP contribution < -0.4 is 0 Å². The van der Waals surface area contributed by atoms with Gasteiger partial charge in [0.15, 0.2) is 0 Å². The maximum Gasteiger partial charge on any atom is 0.0571 e. The minimum atomic E-state index is -0.0641. The molecule has 0 saturated heterocycles. The first-order chi connectivity index (χ1) is 7.15. The predicted molar refractivity (Wildman–Crippen MR) is 63.0 cm³/mol. The summed E-state index contributed by atoms with van der Waals surface area (Å²) >= 11 is 0. The lowest BCUT2D eigenvalue weighted by Crippen LogP contribution is -2.15. The van der Waals surface area contributed by atoms with Crippen LogP contribution in [-0.4, -0.2) is 11.2 Å². The maximum atomic E-state index is 9.79. The molecule has 1 saturated carbocycles. The van der Waals surface area contributed by atoms with Gasteiger partial charge in [0.25, 0.3) is 0 Å². The van der Waals surface area contributed by atoms with Crippen LogP contribution in [0.4, 0.5) is 0 Å². The molecule has 1 nitrogen and oxygen atoms in total. The summed E-state index contributed by atoms with van der Waals surface area (Å²) in [6, 6.07) is 6.70. The van der Waals surface area contributed by atoms with Gasteiger partial charge in [0, 0.05) is 0 Å². The molecule has 1 aromatic rings. The van der Waals surface area contributed by atoms with E-state index >= 15 is 0 Å². The van der Waals surface area contributed by atoms with E-state index in [2.05, 4.69) is 32.0 Å². The zero-order chi connectivity index (χ0) is 10.8. The molecule has 0 aliphatic heterocycles. The summed E-state index contributed by atoms with van der Waals surface area (Å²) in [6.45, 7) is 4.28. The van der Waals surface area contributed by atoms with Crippen LogP contribution in [-0.2, 0) is 6.42 Å². The second-order valence-corrected chi connectivity index (χ2v) is 4.96. The second kappa shape index (κ2) is 4.36. The molecule has 0 spiro atoms. The SMILES string of the molecule is Cc1cc(C)cc(CC2CCCC2O)c1. The van der Waals surface area contributed by atoms with Crippen molar-refractivity contribution in [1.82, 2.24) is 0 Å². The molecule has 1 heteroatoms. The number of benzene rings is 1. The Morgan fingerprint density at radius 1 is 1.13 bits per heavy atom. The van der Waals surface area contributed by atoms with Gasteiger partial charge in [-0.1, -0.05) is 35.7 Å². The van der Waals surface area contributed by atoms with Gasteiger partial charge in [0.1, 0.15) is 0 Å². The van der Waals surface area contributed by atoms with Crippen LogP contribution in [0.5, 0.6) is 0 Å². The Kier molecular flexibility index (Phi) is 3.11. The van der Waals surface area contributed by atoms with Crippen molar-refractivity contribution < 1.29 is 5.11 Å². The van der Waals surface area contributed by atoms with E-state index in [1.54, 1.807) is 0 Å². The van der Waals surface area contributed by atoms with E-state index in [4.69, 9.17) is 0 Å². The summed E-state index contributed by atoms with van der Waals surface area (Å²) in [5.74, 6) is 0.492. The van der Waals surface area contributed by atoms with E-state index in [9.17, 15) is 5.11 Å². The Bertz CT molecular complexity index is 323. The number of hydrogen-bond donors (Lipinski definition) is 1. The molecule has 1 aromatic carbocycles. The van der Waals surface area contributed by atoms with Crippen molar-refractivity contribution in [3.63, 3.8) is 0 Å². The molecule has 0 bridgehead atoms. The lowest BCUT2D eigenvalue weighted by atomic mass is 9.94. The first-order valence-electron chi connectivity index (χ1n) is 5.90. The summed E-state index contributed by atoms with van der Waals surface area (Å²) in [5.41, 5.74) is 4.05. The molecule has 1 aliphatic carbocycles. The van der Waals surface area contributed by atoms with Gasteiger partial charge in [-0.2, -0.15) is 0 Å². The molecule has 2 rings (SSSR count). The summed E-state index contributed by atoms with van der Waals surface area (Å²) in [5, 5.41) is 9.79. The molecule has 2 unspecified atom stereocenters. The minimum absolute atomic E-state index is 0.0641. The molecule has 0 amide bonds. The molecule has 1 aliphatic rings. The lowest BCUT2D eigenvalue weighted by molar-refractivity contribution is 0.132. The first-order valence-corrected chi connectivity index (χ1v) is 5.90. The van der Waals surface area contributed by atoms with E-state index in [1.807, 2.05) is 0 Å². The zero-order valence-corrected chi connectivity index (χ0v) is 9.66. The summed E-state index contributed by atoms with van der Waals surface area (Å²) in [4.78, 5) is 0. The van der Waals surface area contributed by atoms with Gasteiger partial charge in [0.05, 0.1) is 6.10 Å². The van der Waals surface area contributed by atoms with Crippen LogP contribution >= 0.6 is 0 Å². The van der Waals surface area contributed by atoms with Gasteiger partial charge in [-0.05, 0) is 44.6 Å². The van der Waals surface area contributed by atoms with Crippen LogP contribution in [0.1, 0.15) is 36.0 Å². The molecule has 1 N–H and O–H groups in total. The monoisotopic (exact) mass is 204 g/mol. The molecule has 0 radical (unpaired) electrons. The molecular weight excluding hydrogens is 184 g/mol. The normalized spacial score (nSPS) is 25.8. The smallest absolute Gasteiger partial charge is 0.0571 e. The highest BCUT2D eigenvalue weighted by molar-refractivity contribution is 5.29. The van der Waals surface area contributed by atoms with Gasteiger partial charge in [0.2, 0.25) is 0 Å². The van der Waals surface area contributed by atoms with E-state index in [1.165, 1.54) is 29.5 Å². The fraction of sp³-hybridized carbons (Fsp3) is 0.571. The zero-order valence-electron chi connectivity index (χ0n) is 9.66. The number of hydrogen-bond acceptors (Lipinski definition) is 1. The Balaban J connectivity index is 2.10. The van der Waals surface area contributed by atoms with E-state index in [-0.39, 0.29) is 6.10 Å². The maximum absolute atomic E-state index is 9.79. The van der Waals surface area contributed by atoms with E-state index in [0.717, 1.165) is 12.8 Å². The van der Waals surface area contributed by atoms with Crippen molar-refractivity contribution in [2.24, 2.45) is 5.92 Å². The highest BCUT2D eigenvalue weighted by Crippen LogP contribution is 2.29. The molecule has 0 aromatic heterocycles. The quantitative estimate of drug-likeness (QED) is 0.785. The number of rotatable bonds is 2. The van der Waals surface area contributed by atoms with Crippen LogP contribution in [0.2, 0.25) is 0 Å². The third kappa shape index (κ3) is 2.60. The van der Waals surface area contributed by atoms with Gasteiger partial charge < -0.3 is 5.11 Å². The third-order valence-corrected chi connectivity index (χ3v) is 3.40. The first kappa shape index (κ1) is 10.7. The van der Waals surface area contributed by atoms with Crippen molar-refractivity contribution >= 4 is 0 Å². The highest BCUT2D eigenvalue weighted by Gasteiger charge is 2.25. The van der Waals surface area contributed by atoms with Crippen LogP contribution in [0.25, 0.3) is 0 Å². The molecule has 15 heavy (non-hydrogen) atoms. The van der Waals surface area contributed by atoms with Crippen LogP contribution in [0.15, 0.2) is 18.2 Å². The Morgan fingerprint density at radius 2 is 1.80 bits per heavy atom. The topological polar surface area (TPSA) is 20.2 Å². The van der Waals surface area contributed by atoms with Crippen molar-refractivity contribution in [2.45, 2.75) is 45.6 Å². The van der Waals surface area contributed by atoms with Crippen molar-refractivity contribution in [3.05, 3.63) is 34.9 Å². The third-order valence-electron chi connectivity index (χ3n) is 3.40. The fourth-order valence-corrected chi connectivity index (χ4v) is 2.74. The summed E-state index contributed by atoms with van der Waals surface area (Å²) < 4.78 is 0. The van der Waals surface area contributed by atoms with Crippen molar-refractivity contribution in [2.75, 3.05) is 0 Å². The molecular formula is C14H20O. The molecule has 0 heterocycles. The summed E-state index contributed by atoms with van der Waals surface area (Å²) in [7, 11) is 0. The van der Waals surface area contributed by atoms with Crippen LogP contribution in [0, 0.1) is 19.8 Å². The summed E-state index contributed by atoms with van der Waals surface area (Å²) in [6.07, 6.45) is 4.36. The van der Waals surface area contributed by atoms with Crippen molar-refractivity contribution in [3.8, 4) is 0 Å². The van der Waals surface area contributed by atoms with Gasteiger partial charge in [-0.3, -0.25) is 0 Å². The van der Waals surface area contributed by atoms with E-state index in [0.29, 0.717) is 5.92 Å². The average molecular weight is 204 g/mol. The Morgan fingerprint density at radius 3 is 2.33 bits per heavy atom. The minimum Gasteiger partial charge on any atom is -0.393 e. The largest absolute Gasteiger partial charge is 0.393 e. The molecule has 82 valence electrons. The van der Waals surface area contributed by atoms with Crippen LogP contribution in [0.3, 0.4) is 0 Å². The Hall–Kier alpha value is -0.820. The van der Waals surface area contributed by atoms with Gasteiger partial charge in [-0.15, -0.1) is 0 Å². The Labute approximate surface area is 92.1 Å². The highest BCUT2D eigenvalue weighted by atomic mass is 16.3. The lowest BCUT2D eigenvalue weighted by Gasteiger charge is -2.15. The average Bonchev–Trinajstić information content (AvgIpc) is 2.50. The second-order valence-electron chi connectivity index (χ2n) is 4.96.